The van der Waals surface area contributed by atoms with Crippen molar-refractivity contribution in [1.29, 1.82) is 10.5 Å². The summed E-state index contributed by atoms with van der Waals surface area (Å²) in [5.41, 5.74) is 13.2. The summed E-state index contributed by atoms with van der Waals surface area (Å²) in [7, 11) is 0. The van der Waals surface area contributed by atoms with Gasteiger partial charge in [-0.3, -0.25) is 0 Å². The van der Waals surface area contributed by atoms with Crippen LogP contribution in [0.1, 0.15) is 62.4 Å². The van der Waals surface area contributed by atoms with Crippen LogP contribution in [0, 0.1) is 22.7 Å². The number of benzene rings is 5. The standard InChI is InChI=1S/C40H29N3/c1-38(2)28-12-8-6-10-24(28)32-34-26-16-14-22(20-41)18-30(26)43-31-19-23(21-42)15-17-27(31)35(37(34)43)33-25-11-7-9-13-29(25)39(3,4)40(38,5)36(32)33/h6-19H,1-5H3. The molecule has 0 bridgehead atoms. The van der Waals surface area contributed by atoms with Crippen LogP contribution < -0.4 is 0 Å². The van der Waals surface area contributed by atoms with Gasteiger partial charge in [-0.25, -0.2) is 0 Å². The first-order chi connectivity index (χ1) is 20.7. The Hall–Kier alpha value is -5.12. The van der Waals surface area contributed by atoms with Crippen molar-refractivity contribution in [3.63, 3.8) is 0 Å². The lowest BCUT2D eigenvalue weighted by Gasteiger charge is -2.61. The van der Waals surface area contributed by atoms with E-state index in [-0.39, 0.29) is 16.2 Å². The van der Waals surface area contributed by atoms with E-state index in [0.29, 0.717) is 11.1 Å². The highest BCUT2D eigenvalue weighted by Crippen LogP contribution is 2.69. The SMILES string of the molecule is CC1(C)c2ccccc2-c2c3c(c4c5ccc(C#N)cc5n5c6cc(C#N)ccc6c2c45)-c2ccccc2C(C)(C)C31C. The molecule has 0 amide bonds. The van der Waals surface area contributed by atoms with Crippen LogP contribution in [0.3, 0.4) is 0 Å². The first kappa shape index (κ1) is 24.5. The van der Waals surface area contributed by atoms with Gasteiger partial charge in [0.2, 0.25) is 0 Å². The number of rotatable bonds is 0. The summed E-state index contributed by atoms with van der Waals surface area (Å²) in [5, 5.41) is 24.6. The molecule has 7 aromatic rings. The van der Waals surface area contributed by atoms with E-state index in [4.69, 9.17) is 0 Å². The van der Waals surface area contributed by atoms with Gasteiger partial charge in [-0.05, 0) is 63.2 Å². The molecule has 0 spiro atoms. The van der Waals surface area contributed by atoms with Crippen molar-refractivity contribution in [3.05, 3.63) is 113 Å². The van der Waals surface area contributed by atoms with Crippen LogP contribution >= 0.6 is 0 Å². The molecular weight excluding hydrogens is 522 g/mol. The molecule has 0 saturated heterocycles. The second-order valence-corrected chi connectivity index (χ2v) is 13.7. The Kier molecular flexibility index (Phi) is 4.24. The smallest absolute Gasteiger partial charge is 0.0992 e. The Morgan fingerprint density at radius 2 is 1.02 bits per heavy atom. The van der Waals surface area contributed by atoms with Crippen LogP contribution in [0.2, 0.25) is 0 Å². The molecule has 2 aliphatic rings. The topological polar surface area (TPSA) is 52.0 Å². The number of hydrogen-bond acceptors (Lipinski definition) is 2. The molecule has 0 N–H and O–H groups in total. The molecule has 0 unspecified atom stereocenters. The summed E-state index contributed by atoms with van der Waals surface area (Å²) in [6.45, 7) is 12.3. The van der Waals surface area contributed by atoms with Gasteiger partial charge in [-0.15, -0.1) is 0 Å². The van der Waals surface area contributed by atoms with Crippen molar-refractivity contribution >= 4 is 38.1 Å². The minimum absolute atomic E-state index is 0.179. The van der Waals surface area contributed by atoms with Crippen molar-refractivity contribution in [2.75, 3.05) is 0 Å². The third-order valence-electron chi connectivity index (χ3n) is 11.7. The normalized spacial score (nSPS) is 17.0. The average Bonchev–Trinajstić information content (AvgIpc) is 3.53. The zero-order valence-corrected chi connectivity index (χ0v) is 24.9. The number of nitriles is 2. The summed E-state index contributed by atoms with van der Waals surface area (Å²) in [4.78, 5) is 0. The maximum atomic E-state index is 9.93. The zero-order valence-electron chi connectivity index (χ0n) is 24.9. The summed E-state index contributed by atoms with van der Waals surface area (Å²) in [6, 6.07) is 35.0. The monoisotopic (exact) mass is 551 g/mol. The van der Waals surface area contributed by atoms with E-state index in [2.05, 4.69) is 112 Å². The van der Waals surface area contributed by atoms with Gasteiger partial charge in [-0.1, -0.05) is 95.3 Å². The summed E-state index contributed by atoms with van der Waals surface area (Å²) in [6.07, 6.45) is 0. The fraction of sp³-hybridized carbons (Fsp3) is 0.200. The maximum absolute atomic E-state index is 9.93. The molecule has 0 fully saturated rings. The zero-order chi connectivity index (χ0) is 29.6. The van der Waals surface area contributed by atoms with Crippen LogP contribution in [0.5, 0.6) is 0 Å². The number of fused-ring (bicyclic) bond motifs is 12. The highest BCUT2D eigenvalue weighted by Gasteiger charge is 2.61. The molecule has 2 heterocycles. The Morgan fingerprint density at radius 1 is 0.581 bits per heavy atom. The van der Waals surface area contributed by atoms with Crippen LogP contribution in [0.4, 0.5) is 0 Å². The molecule has 3 nitrogen and oxygen atoms in total. The van der Waals surface area contributed by atoms with Gasteiger partial charge >= 0.3 is 0 Å². The van der Waals surface area contributed by atoms with Crippen LogP contribution in [-0.4, -0.2) is 4.40 Å². The van der Waals surface area contributed by atoms with Crippen molar-refractivity contribution < 1.29 is 0 Å². The molecule has 204 valence electrons. The van der Waals surface area contributed by atoms with Crippen molar-refractivity contribution in [2.45, 2.75) is 50.9 Å². The molecule has 2 aliphatic carbocycles. The van der Waals surface area contributed by atoms with Crippen LogP contribution in [0.15, 0.2) is 84.9 Å². The molecule has 0 atom stereocenters. The van der Waals surface area contributed by atoms with E-state index >= 15 is 0 Å². The Balaban J connectivity index is 1.70. The largest absolute Gasteiger partial charge is 0.308 e. The fourth-order valence-electron chi connectivity index (χ4n) is 9.33. The molecule has 0 radical (unpaired) electrons. The Bertz CT molecular complexity index is 2320. The second-order valence-electron chi connectivity index (χ2n) is 13.7. The third-order valence-corrected chi connectivity index (χ3v) is 11.7. The van der Waals surface area contributed by atoms with Crippen molar-refractivity contribution in [2.24, 2.45) is 0 Å². The van der Waals surface area contributed by atoms with Gasteiger partial charge in [0.1, 0.15) is 0 Å². The minimum Gasteiger partial charge on any atom is -0.308 e. The van der Waals surface area contributed by atoms with Gasteiger partial charge in [0.25, 0.3) is 0 Å². The molecule has 0 aliphatic heterocycles. The van der Waals surface area contributed by atoms with Crippen molar-refractivity contribution in [1.82, 2.24) is 4.40 Å². The molecule has 43 heavy (non-hydrogen) atoms. The quantitative estimate of drug-likeness (QED) is 0.188. The molecule has 2 aromatic heterocycles. The maximum Gasteiger partial charge on any atom is 0.0992 e. The van der Waals surface area contributed by atoms with Crippen molar-refractivity contribution in [3.8, 4) is 34.4 Å². The van der Waals surface area contributed by atoms with Crippen LogP contribution in [-0.2, 0) is 16.2 Å². The minimum atomic E-state index is -0.256. The van der Waals surface area contributed by atoms with Gasteiger partial charge in [-0.2, -0.15) is 10.5 Å². The predicted molar refractivity (Wildman–Crippen MR) is 175 cm³/mol. The van der Waals surface area contributed by atoms with Gasteiger partial charge < -0.3 is 4.40 Å². The predicted octanol–water partition coefficient (Wildman–Crippen LogP) is 9.75. The van der Waals surface area contributed by atoms with Crippen LogP contribution in [0.25, 0.3) is 60.3 Å². The Labute approximate surface area is 250 Å². The van der Waals surface area contributed by atoms with E-state index in [1.807, 2.05) is 24.3 Å². The molecular formula is C40H29N3. The second kappa shape index (κ2) is 7.44. The van der Waals surface area contributed by atoms with Gasteiger partial charge in [0, 0.05) is 37.8 Å². The highest BCUT2D eigenvalue weighted by molar-refractivity contribution is 6.32. The van der Waals surface area contributed by atoms with Gasteiger partial charge in [0.15, 0.2) is 0 Å². The number of aromatic nitrogens is 1. The van der Waals surface area contributed by atoms with E-state index in [1.165, 1.54) is 55.2 Å². The Morgan fingerprint density at radius 3 is 1.47 bits per heavy atom. The lowest BCUT2D eigenvalue weighted by Crippen LogP contribution is -2.58. The fourth-order valence-corrected chi connectivity index (χ4v) is 9.33. The summed E-state index contributed by atoms with van der Waals surface area (Å²) < 4.78 is 2.33. The average molecular weight is 552 g/mol. The molecule has 0 saturated carbocycles. The number of nitrogens with zero attached hydrogens (tertiary/aromatic N) is 3. The summed E-state index contributed by atoms with van der Waals surface area (Å²) in [5.74, 6) is 0. The lowest BCUT2D eigenvalue weighted by atomic mass is 9.41. The molecule has 9 rings (SSSR count). The first-order valence-corrected chi connectivity index (χ1v) is 15.0. The molecule has 3 heteroatoms. The molecule has 5 aromatic carbocycles. The van der Waals surface area contributed by atoms with Gasteiger partial charge in [0.05, 0.1) is 39.8 Å². The first-order valence-electron chi connectivity index (χ1n) is 15.0. The summed E-state index contributed by atoms with van der Waals surface area (Å²) >= 11 is 0. The third kappa shape index (κ3) is 2.47. The van der Waals surface area contributed by atoms with E-state index in [0.717, 1.165) is 21.8 Å². The van der Waals surface area contributed by atoms with E-state index < -0.39 is 0 Å². The van der Waals surface area contributed by atoms with E-state index in [9.17, 15) is 10.5 Å². The van der Waals surface area contributed by atoms with E-state index in [1.54, 1.807) is 0 Å². The number of hydrogen-bond donors (Lipinski definition) is 0. The lowest BCUT2D eigenvalue weighted by molar-refractivity contribution is 0.158. The highest BCUT2D eigenvalue weighted by atomic mass is 14.9.